The molecule has 6 nitrogen and oxygen atoms in total. The van der Waals surface area contributed by atoms with Crippen molar-refractivity contribution in [3.63, 3.8) is 0 Å². The third-order valence-corrected chi connectivity index (χ3v) is 5.35. The Morgan fingerprint density at radius 3 is 2.34 bits per heavy atom. The second-order valence-corrected chi connectivity index (χ2v) is 7.44. The van der Waals surface area contributed by atoms with E-state index in [1.165, 1.54) is 6.92 Å². The number of allylic oxidation sites excluding steroid dienone is 3. The van der Waals surface area contributed by atoms with Crippen LogP contribution >= 0.6 is 23.2 Å². The van der Waals surface area contributed by atoms with E-state index in [1.54, 1.807) is 32.0 Å². The Bertz CT molecular complexity index is 904. The van der Waals surface area contributed by atoms with Gasteiger partial charge in [-0.25, -0.2) is 4.79 Å². The van der Waals surface area contributed by atoms with Crippen molar-refractivity contribution in [1.82, 2.24) is 5.32 Å². The third kappa shape index (κ3) is 5.19. The van der Waals surface area contributed by atoms with Crippen molar-refractivity contribution < 1.29 is 23.9 Å². The van der Waals surface area contributed by atoms with Crippen molar-refractivity contribution >= 4 is 40.9 Å². The summed E-state index contributed by atoms with van der Waals surface area (Å²) in [6.07, 6.45) is 0.861. The van der Waals surface area contributed by atoms with Crippen LogP contribution in [0.3, 0.4) is 0 Å². The van der Waals surface area contributed by atoms with Crippen LogP contribution in [0.15, 0.2) is 40.7 Å². The lowest BCUT2D eigenvalue weighted by Gasteiger charge is -2.31. The molecule has 1 aliphatic heterocycles. The first-order chi connectivity index (χ1) is 13.7. The van der Waals surface area contributed by atoms with Gasteiger partial charge in [0.2, 0.25) is 6.79 Å². The largest absolute Gasteiger partial charge is 0.428 e. The second-order valence-electron chi connectivity index (χ2n) is 6.65. The van der Waals surface area contributed by atoms with Gasteiger partial charge in [-0.1, -0.05) is 42.3 Å². The van der Waals surface area contributed by atoms with Crippen molar-refractivity contribution in [2.75, 3.05) is 6.79 Å². The van der Waals surface area contributed by atoms with E-state index >= 15 is 0 Å². The van der Waals surface area contributed by atoms with Gasteiger partial charge in [-0.15, -0.1) is 0 Å². The van der Waals surface area contributed by atoms with E-state index in [0.717, 1.165) is 0 Å². The Morgan fingerprint density at radius 1 is 1.07 bits per heavy atom. The van der Waals surface area contributed by atoms with Crippen LogP contribution in [-0.4, -0.2) is 24.5 Å². The topological polar surface area (TPSA) is 81.7 Å². The van der Waals surface area contributed by atoms with Crippen LogP contribution < -0.4 is 5.32 Å². The smallest absolute Gasteiger partial charge is 0.339 e. The minimum Gasteiger partial charge on any atom is -0.428 e. The van der Waals surface area contributed by atoms with Crippen LogP contribution in [0.4, 0.5) is 0 Å². The summed E-state index contributed by atoms with van der Waals surface area (Å²) in [5.74, 6) is -2.16. The van der Waals surface area contributed by atoms with E-state index in [2.05, 4.69) is 5.32 Å². The van der Waals surface area contributed by atoms with Crippen LogP contribution in [0, 0.1) is 0 Å². The number of nitrogens with one attached hydrogen (secondary N) is 1. The zero-order valence-corrected chi connectivity index (χ0v) is 18.2. The molecule has 0 radical (unpaired) electrons. The van der Waals surface area contributed by atoms with Gasteiger partial charge in [0, 0.05) is 29.3 Å². The molecule has 1 unspecified atom stereocenters. The maximum absolute atomic E-state index is 12.9. The number of hydrogen-bond donors (Lipinski definition) is 1. The summed E-state index contributed by atoms with van der Waals surface area (Å²) in [6, 6.07) is 5.03. The Hall–Kier alpha value is -2.31. The van der Waals surface area contributed by atoms with Crippen LogP contribution in [0.1, 0.15) is 52.0 Å². The summed E-state index contributed by atoms with van der Waals surface area (Å²) in [4.78, 5) is 36.8. The normalized spacial score (nSPS) is 16.4. The predicted octanol–water partition coefficient (Wildman–Crippen LogP) is 4.66. The fraction of sp³-hybridized carbons (Fsp3) is 0.381. The molecular formula is C21H23Cl2NO5. The van der Waals surface area contributed by atoms with Gasteiger partial charge in [-0.2, -0.15) is 0 Å². The highest BCUT2D eigenvalue weighted by Gasteiger charge is 2.37. The molecule has 0 fully saturated rings. The molecule has 0 aliphatic carbocycles. The molecule has 0 saturated heterocycles. The van der Waals surface area contributed by atoms with E-state index in [4.69, 9.17) is 32.7 Å². The summed E-state index contributed by atoms with van der Waals surface area (Å²) in [5, 5.41) is 3.61. The number of ether oxygens (including phenoxy) is 2. The number of carbonyl (C=O) groups excluding carboxylic acids is 3. The van der Waals surface area contributed by atoms with Gasteiger partial charge >= 0.3 is 11.9 Å². The number of carbonyl (C=O) groups is 3. The van der Waals surface area contributed by atoms with Crippen LogP contribution in [0.2, 0.25) is 10.0 Å². The first-order valence-corrected chi connectivity index (χ1v) is 9.90. The second kappa shape index (κ2) is 9.94. The minimum atomic E-state index is -0.765. The van der Waals surface area contributed by atoms with Gasteiger partial charge in [0.1, 0.15) is 0 Å². The number of rotatable bonds is 7. The monoisotopic (exact) mass is 439 g/mol. The summed E-state index contributed by atoms with van der Waals surface area (Å²) >= 11 is 12.6. The first-order valence-electron chi connectivity index (χ1n) is 9.15. The lowest BCUT2D eigenvalue weighted by Crippen LogP contribution is -2.31. The molecule has 2 rings (SSSR count). The Kier molecular flexibility index (Phi) is 7.88. The molecule has 0 spiro atoms. The van der Waals surface area contributed by atoms with Crippen LogP contribution in [-0.2, 0) is 23.9 Å². The van der Waals surface area contributed by atoms with Crippen molar-refractivity contribution in [2.45, 2.75) is 46.5 Å². The van der Waals surface area contributed by atoms with Gasteiger partial charge in [0.15, 0.2) is 5.78 Å². The van der Waals surface area contributed by atoms with Gasteiger partial charge in [0.25, 0.3) is 0 Å². The van der Waals surface area contributed by atoms with Crippen LogP contribution in [0.25, 0.3) is 0 Å². The van der Waals surface area contributed by atoms with Crippen molar-refractivity contribution in [1.29, 1.82) is 0 Å². The van der Waals surface area contributed by atoms with Gasteiger partial charge in [-0.3, -0.25) is 9.59 Å². The molecule has 29 heavy (non-hydrogen) atoms. The van der Waals surface area contributed by atoms with E-state index < -0.39 is 24.6 Å². The maximum atomic E-state index is 12.9. The zero-order valence-electron chi connectivity index (χ0n) is 16.7. The van der Waals surface area contributed by atoms with E-state index in [9.17, 15) is 14.4 Å². The maximum Gasteiger partial charge on any atom is 0.339 e. The summed E-state index contributed by atoms with van der Waals surface area (Å²) in [7, 11) is 0. The highest BCUT2D eigenvalue weighted by Crippen LogP contribution is 2.43. The van der Waals surface area contributed by atoms with Crippen LogP contribution in [0.5, 0.6) is 0 Å². The average molecular weight is 440 g/mol. The van der Waals surface area contributed by atoms with Crippen molar-refractivity contribution in [3.05, 3.63) is 56.3 Å². The van der Waals surface area contributed by atoms with Crippen molar-refractivity contribution in [2.24, 2.45) is 0 Å². The number of hydrogen-bond acceptors (Lipinski definition) is 6. The van der Waals surface area contributed by atoms with E-state index in [-0.39, 0.29) is 22.8 Å². The summed E-state index contributed by atoms with van der Waals surface area (Å²) in [5.41, 5.74) is 2.23. The fourth-order valence-corrected chi connectivity index (χ4v) is 3.71. The van der Waals surface area contributed by atoms with E-state index in [1.807, 2.05) is 6.92 Å². The number of ketones is 1. The minimum absolute atomic E-state index is 0.205. The molecule has 1 aromatic carbocycles. The molecule has 1 aliphatic rings. The molecule has 1 N–H and O–H groups in total. The Morgan fingerprint density at radius 2 is 1.72 bits per heavy atom. The lowest BCUT2D eigenvalue weighted by atomic mass is 9.79. The molecule has 156 valence electrons. The summed E-state index contributed by atoms with van der Waals surface area (Å²) in [6.45, 7) is 6.20. The molecule has 1 aromatic rings. The fourth-order valence-electron chi connectivity index (χ4n) is 3.29. The molecular weight excluding hydrogens is 417 g/mol. The standard InChI is InChI=1S/C21H23Cl2NO5/c1-5-7-16(26)28-10-29-21(27)18-12(3)24-11(2)17(13(4)25)19(18)14-8-6-9-15(22)20(14)23/h6,8-9,19,24H,5,7,10H2,1-4H3. The predicted molar refractivity (Wildman–Crippen MR) is 110 cm³/mol. The SMILES string of the molecule is CCCC(=O)OCOC(=O)C1=C(C)NC(C)=C(C(C)=O)C1c1cccc(Cl)c1Cl. The highest BCUT2D eigenvalue weighted by atomic mass is 35.5. The molecule has 0 saturated carbocycles. The number of esters is 2. The molecule has 0 aromatic heterocycles. The summed E-state index contributed by atoms with van der Waals surface area (Å²) < 4.78 is 10.1. The van der Waals surface area contributed by atoms with E-state index in [0.29, 0.717) is 34.0 Å². The Balaban J connectivity index is 2.43. The van der Waals surface area contributed by atoms with Gasteiger partial charge < -0.3 is 14.8 Å². The Labute approximate surface area is 179 Å². The quantitative estimate of drug-likeness (QED) is 0.491. The third-order valence-electron chi connectivity index (χ3n) is 4.52. The molecule has 8 heteroatoms. The lowest BCUT2D eigenvalue weighted by molar-refractivity contribution is -0.164. The highest BCUT2D eigenvalue weighted by molar-refractivity contribution is 6.42. The molecule has 1 atom stereocenters. The zero-order chi connectivity index (χ0) is 21.7. The first kappa shape index (κ1) is 23.0. The average Bonchev–Trinajstić information content (AvgIpc) is 2.63. The molecule has 0 amide bonds. The molecule has 0 bridgehead atoms. The number of Topliss-reactive ketones (excluding diaryl/α,β-unsaturated/α-hetero) is 1. The van der Waals surface area contributed by atoms with Gasteiger partial charge in [0.05, 0.1) is 15.6 Å². The van der Waals surface area contributed by atoms with Crippen molar-refractivity contribution in [3.8, 4) is 0 Å². The number of halogens is 2. The number of dihydropyridines is 1. The number of benzene rings is 1. The molecule has 1 heterocycles. The van der Waals surface area contributed by atoms with Gasteiger partial charge in [-0.05, 0) is 38.8 Å².